The monoisotopic (exact) mass is 712 g/mol. The van der Waals surface area contributed by atoms with Gasteiger partial charge in [0.15, 0.2) is 0 Å². The van der Waals surface area contributed by atoms with E-state index in [1.54, 1.807) is 0 Å². The number of ether oxygens (including phenoxy) is 4. The minimum atomic E-state index is -1.52. The molecule has 2 N–H and O–H groups in total. The van der Waals surface area contributed by atoms with Crippen molar-refractivity contribution in [3.8, 4) is 0 Å². The van der Waals surface area contributed by atoms with E-state index in [0.717, 1.165) is 16.5 Å². The van der Waals surface area contributed by atoms with Crippen molar-refractivity contribution in [3.63, 3.8) is 0 Å². The lowest BCUT2D eigenvalue weighted by molar-refractivity contribution is -0.177. The van der Waals surface area contributed by atoms with Gasteiger partial charge in [-0.2, -0.15) is 0 Å². The summed E-state index contributed by atoms with van der Waals surface area (Å²) in [5.74, 6) is 0.428. The number of nitrogens with zero attached hydrogens (tertiary/aromatic N) is 3. The second kappa shape index (κ2) is 14.1. The summed E-state index contributed by atoms with van der Waals surface area (Å²) in [4.78, 5) is 4.78. The number of hydrogen-bond acceptors (Lipinski definition) is 8. The molecule has 0 aromatic carbocycles. The molecule has 0 bridgehead atoms. The van der Waals surface area contributed by atoms with Gasteiger partial charge < -0.3 is 23.5 Å². The Morgan fingerprint density at radius 2 is 1.92 bits per heavy atom. The summed E-state index contributed by atoms with van der Waals surface area (Å²) in [5, 5.41) is 9.97. The first-order valence-electron chi connectivity index (χ1n) is 13.2. The summed E-state index contributed by atoms with van der Waals surface area (Å²) in [6, 6.07) is 2.92. The first-order chi connectivity index (χ1) is 18.2. The number of nitrogens with two attached hydrogens (primary N) is 1. The highest BCUT2D eigenvalue weighted by atomic mass is 79.9. The third kappa shape index (κ3) is 9.27. The summed E-state index contributed by atoms with van der Waals surface area (Å²) >= 11 is 7.20. The van der Waals surface area contributed by atoms with Gasteiger partial charge >= 0.3 is 0 Å². The van der Waals surface area contributed by atoms with Gasteiger partial charge in [0.1, 0.15) is 33.2 Å². The first-order valence-corrected chi connectivity index (χ1v) is 19.7. The summed E-state index contributed by atoms with van der Waals surface area (Å²) in [6.45, 7) is 15.5. The van der Waals surface area contributed by atoms with Crippen LogP contribution in [0.25, 0.3) is 0 Å². The van der Waals surface area contributed by atoms with E-state index in [0.29, 0.717) is 75.1 Å². The van der Waals surface area contributed by atoms with Crippen LogP contribution in [0, 0.1) is 6.92 Å². The molecule has 3 rings (SSSR count). The molecule has 39 heavy (non-hydrogen) atoms. The smallest absolute Gasteiger partial charge is 0.216 e. The molecule has 3 heterocycles. The third-order valence-electron chi connectivity index (χ3n) is 6.65. The van der Waals surface area contributed by atoms with Gasteiger partial charge in [-0.05, 0) is 71.5 Å². The van der Waals surface area contributed by atoms with Crippen LogP contribution < -0.4 is 5.14 Å². The number of halogens is 2. The van der Waals surface area contributed by atoms with Gasteiger partial charge in [-0.25, -0.2) is 9.19 Å². The Bertz CT molecular complexity index is 1100. The van der Waals surface area contributed by atoms with Crippen molar-refractivity contribution in [2.75, 3.05) is 33.0 Å². The van der Waals surface area contributed by atoms with Crippen LogP contribution in [0.1, 0.15) is 56.3 Å². The fourth-order valence-electron chi connectivity index (χ4n) is 4.34. The summed E-state index contributed by atoms with van der Waals surface area (Å²) in [7, 11) is -2.73. The lowest BCUT2D eigenvalue weighted by atomic mass is 9.96. The predicted molar refractivity (Wildman–Crippen MR) is 160 cm³/mol. The fraction of sp³-hybridized carbons (Fsp3) is 0.760. The third-order valence-corrected chi connectivity index (χ3v) is 11.5. The number of rotatable bonds is 16. The highest BCUT2D eigenvalue weighted by Crippen LogP contribution is 2.36. The van der Waals surface area contributed by atoms with Crippen LogP contribution in [0.3, 0.4) is 0 Å². The lowest BCUT2D eigenvalue weighted by Crippen LogP contribution is -2.35. The summed E-state index contributed by atoms with van der Waals surface area (Å²) < 4.78 is 44.5. The molecule has 1 aliphatic rings. The van der Waals surface area contributed by atoms with Crippen LogP contribution in [-0.4, -0.2) is 64.8 Å². The Balaban J connectivity index is 1.68. The van der Waals surface area contributed by atoms with Crippen LogP contribution in [0.2, 0.25) is 25.7 Å². The maximum absolute atomic E-state index is 12.3. The largest absolute Gasteiger partial charge is 0.381 e. The van der Waals surface area contributed by atoms with Crippen molar-refractivity contribution >= 4 is 50.9 Å². The Morgan fingerprint density at radius 3 is 2.51 bits per heavy atom. The van der Waals surface area contributed by atoms with Crippen LogP contribution in [-0.2, 0) is 42.5 Å². The van der Waals surface area contributed by atoms with Crippen LogP contribution in [0.4, 0.5) is 0 Å². The average Bonchev–Trinajstić information content (AvgIpc) is 3.56. The molecule has 2 atom stereocenters. The number of hydrogen-bond donors (Lipinski definition) is 1. The Morgan fingerprint density at radius 1 is 1.23 bits per heavy atom. The van der Waals surface area contributed by atoms with E-state index in [-0.39, 0.29) is 5.92 Å². The molecule has 2 aromatic heterocycles. The van der Waals surface area contributed by atoms with Crippen molar-refractivity contribution in [1.29, 1.82) is 0 Å². The van der Waals surface area contributed by atoms with Crippen LogP contribution in [0.15, 0.2) is 19.8 Å². The molecule has 1 saturated heterocycles. The Kier molecular flexibility index (Phi) is 12.0. The quantitative estimate of drug-likeness (QED) is 0.177. The van der Waals surface area contributed by atoms with Crippen molar-refractivity contribution in [3.05, 3.63) is 32.6 Å². The van der Waals surface area contributed by atoms with Gasteiger partial charge in [0.2, 0.25) is 5.79 Å². The molecule has 2 aromatic rings. The van der Waals surface area contributed by atoms with Crippen molar-refractivity contribution in [2.24, 2.45) is 5.14 Å². The second-order valence-electron chi connectivity index (χ2n) is 11.7. The molecule has 14 heteroatoms. The van der Waals surface area contributed by atoms with Crippen molar-refractivity contribution in [2.45, 2.75) is 88.9 Å². The van der Waals surface area contributed by atoms with Crippen LogP contribution >= 0.6 is 31.9 Å². The molecule has 0 amide bonds. The summed E-state index contributed by atoms with van der Waals surface area (Å²) in [5.41, 5.74) is 0.647. The van der Waals surface area contributed by atoms with Gasteiger partial charge in [-0.3, -0.25) is 9.71 Å². The minimum absolute atomic E-state index is 0.165. The van der Waals surface area contributed by atoms with Crippen LogP contribution in [0.5, 0.6) is 0 Å². The average molecular weight is 715 g/mol. The van der Waals surface area contributed by atoms with Gasteiger partial charge in [0.25, 0.3) is 0 Å². The van der Waals surface area contributed by atoms with E-state index < -0.39 is 29.6 Å². The molecular formula is C25H42Br2N4O6SSi. The molecule has 1 fully saturated rings. The van der Waals surface area contributed by atoms with E-state index in [1.807, 2.05) is 31.4 Å². The maximum atomic E-state index is 12.3. The molecule has 0 radical (unpaired) electrons. The zero-order valence-electron chi connectivity index (χ0n) is 23.8. The standard InChI is InChI=1S/C25H42Br2N4O6SSi/c1-18-14-20(30-37-18)25(35-10-11-36-25)8-7-9-33-16-19(15-24(2,3)38(28)32)23-29-21(26)22(27)31(23)17-34-12-13-39(4,5)6/h14,19H,7-13,15-17,28H2,1-6H3/t19-,38?/m1/s1. The minimum Gasteiger partial charge on any atom is -0.381 e. The van der Waals surface area contributed by atoms with E-state index in [1.165, 1.54) is 0 Å². The van der Waals surface area contributed by atoms with E-state index >= 15 is 0 Å². The van der Waals surface area contributed by atoms with Gasteiger partial charge in [0.05, 0.1) is 35.6 Å². The Labute approximate surface area is 251 Å². The molecule has 10 nitrogen and oxygen atoms in total. The molecule has 0 saturated carbocycles. The maximum Gasteiger partial charge on any atom is 0.216 e. The zero-order chi connectivity index (χ0) is 28.8. The number of imidazole rings is 1. The second-order valence-corrected chi connectivity index (χ2v) is 20.6. The highest BCUT2D eigenvalue weighted by molar-refractivity contribution is 9.13. The van der Waals surface area contributed by atoms with Gasteiger partial charge in [0, 0.05) is 39.7 Å². The normalized spacial score (nSPS) is 17.6. The molecule has 1 unspecified atom stereocenters. The Hall–Kier alpha value is -0.453. The molecule has 1 aliphatic heterocycles. The van der Waals surface area contributed by atoms with Crippen molar-refractivity contribution < 1.29 is 27.7 Å². The molecule has 222 valence electrons. The molecular weight excluding hydrogens is 672 g/mol. The first kappa shape index (κ1) is 33.1. The topological polar surface area (TPSA) is 124 Å². The highest BCUT2D eigenvalue weighted by Gasteiger charge is 2.41. The lowest BCUT2D eigenvalue weighted by Gasteiger charge is -2.28. The molecule has 0 aliphatic carbocycles. The van der Waals surface area contributed by atoms with Gasteiger partial charge in [-0.15, -0.1) is 0 Å². The predicted octanol–water partition coefficient (Wildman–Crippen LogP) is 5.59. The SMILES string of the molecule is Cc1cc(C2(CCCOC[C@@H](CC(C)(C)S(N)=O)c3nc(Br)c(Br)n3COCC[Si](C)(C)C)OCCO2)no1. The fourth-order valence-corrected chi connectivity index (χ4v) is 6.23. The van der Waals surface area contributed by atoms with E-state index in [4.69, 9.17) is 33.6 Å². The summed E-state index contributed by atoms with van der Waals surface area (Å²) in [6.07, 6.45) is 1.79. The van der Waals surface area contributed by atoms with E-state index in [9.17, 15) is 4.21 Å². The molecule has 0 spiro atoms. The van der Waals surface area contributed by atoms with E-state index in [2.05, 4.69) is 56.7 Å². The zero-order valence-corrected chi connectivity index (χ0v) is 28.7. The number of aromatic nitrogens is 3. The van der Waals surface area contributed by atoms with Crippen molar-refractivity contribution in [1.82, 2.24) is 14.7 Å². The van der Waals surface area contributed by atoms with Gasteiger partial charge in [-0.1, -0.05) is 24.8 Å². The number of aryl methyl sites for hydroxylation is 1.